The van der Waals surface area contributed by atoms with Crippen LogP contribution in [0.5, 0.6) is 0 Å². The summed E-state index contributed by atoms with van der Waals surface area (Å²) in [4.78, 5) is 20.5. The highest BCUT2D eigenvalue weighted by atomic mass is 16.4. The normalized spacial score (nSPS) is 10.7. The maximum atomic E-state index is 10.5. The third-order valence-corrected chi connectivity index (χ3v) is 3.25. The molecular weight excluding hydrogens is 264 g/mol. The van der Waals surface area contributed by atoms with E-state index in [1.165, 1.54) is 0 Å². The number of aliphatic hydroxyl groups excluding tert-OH is 3. The molecule has 20 heavy (non-hydrogen) atoms. The summed E-state index contributed by atoms with van der Waals surface area (Å²) in [6.45, 7) is 3.42. The number of aliphatic carboxylic acids is 1. The SMILES string of the molecule is CCC(CO)(CO)CO.CCCCCCC(=O)C(=O)O. The molecule has 0 aliphatic carbocycles. The van der Waals surface area contributed by atoms with Gasteiger partial charge in [-0.3, -0.25) is 4.79 Å². The van der Waals surface area contributed by atoms with Crippen LogP contribution in [-0.2, 0) is 9.59 Å². The predicted octanol–water partition coefficient (Wildman–Crippen LogP) is 0.970. The minimum atomic E-state index is -1.30. The van der Waals surface area contributed by atoms with Gasteiger partial charge in [-0.25, -0.2) is 4.79 Å². The van der Waals surface area contributed by atoms with Crippen molar-refractivity contribution >= 4 is 11.8 Å². The van der Waals surface area contributed by atoms with E-state index in [-0.39, 0.29) is 26.2 Å². The molecule has 0 unspecified atom stereocenters. The van der Waals surface area contributed by atoms with E-state index >= 15 is 0 Å². The Morgan fingerprint density at radius 1 is 0.900 bits per heavy atom. The number of aliphatic hydroxyl groups is 3. The van der Waals surface area contributed by atoms with Crippen LogP contribution in [0.2, 0.25) is 0 Å². The number of rotatable bonds is 10. The van der Waals surface area contributed by atoms with Crippen molar-refractivity contribution in [2.75, 3.05) is 19.8 Å². The van der Waals surface area contributed by atoms with Crippen LogP contribution >= 0.6 is 0 Å². The Morgan fingerprint density at radius 3 is 1.65 bits per heavy atom. The first-order valence-corrected chi connectivity index (χ1v) is 7.01. The average molecular weight is 292 g/mol. The van der Waals surface area contributed by atoms with E-state index in [1.54, 1.807) is 0 Å². The molecule has 0 aromatic carbocycles. The van der Waals surface area contributed by atoms with Crippen molar-refractivity contribution in [2.45, 2.75) is 52.4 Å². The first-order chi connectivity index (χ1) is 9.42. The Kier molecular flexibility index (Phi) is 13.9. The second kappa shape index (κ2) is 13.0. The van der Waals surface area contributed by atoms with Crippen LogP contribution in [0.25, 0.3) is 0 Å². The van der Waals surface area contributed by atoms with Gasteiger partial charge in [0.15, 0.2) is 0 Å². The number of hydrogen-bond acceptors (Lipinski definition) is 5. The van der Waals surface area contributed by atoms with E-state index in [2.05, 4.69) is 6.92 Å². The number of carboxylic acids is 1. The molecule has 0 spiro atoms. The zero-order valence-electron chi connectivity index (χ0n) is 12.5. The molecule has 4 N–H and O–H groups in total. The van der Waals surface area contributed by atoms with Crippen molar-refractivity contribution in [3.63, 3.8) is 0 Å². The highest BCUT2D eigenvalue weighted by Gasteiger charge is 2.24. The van der Waals surface area contributed by atoms with Gasteiger partial charge in [0.2, 0.25) is 5.78 Å². The smallest absolute Gasteiger partial charge is 0.372 e. The van der Waals surface area contributed by atoms with Crippen molar-refractivity contribution in [3.05, 3.63) is 0 Å². The van der Waals surface area contributed by atoms with Crippen molar-refractivity contribution in [3.8, 4) is 0 Å². The first-order valence-electron chi connectivity index (χ1n) is 7.01. The van der Waals surface area contributed by atoms with Crippen LogP contribution < -0.4 is 0 Å². The lowest BCUT2D eigenvalue weighted by Crippen LogP contribution is -2.32. The summed E-state index contributed by atoms with van der Waals surface area (Å²) in [7, 11) is 0. The van der Waals surface area contributed by atoms with E-state index in [4.69, 9.17) is 20.4 Å². The molecule has 0 saturated carbocycles. The minimum Gasteiger partial charge on any atom is -0.476 e. The van der Waals surface area contributed by atoms with Gasteiger partial charge < -0.3 is 20.4 Å². The quantitative estimate of drug-likeness (QED) is 0.352. The van der Waals surface area contributed by atoms with Gasteiger partial charge in [0.25, 0.3) is 0 Å². The fourth-order valence-corrected chi connectivity index (χ4v) is 1.30. The standard InChI is InChI=1S/C8H14O3.C6H14O3/c1-2-3-4-5-6-7(9)8(10)11;1-2-6(3-7,4-8)5-9/h2-6H2,1H3,(H,10,11);7-9H,2-5H2,1H3. The number of hydrogen-bond donors (Lipinski definition) is 4. The highest BCUT2D eigenvalue weighted by Crippen LogP contribution is 2.18. The van der Waals surface area contributed by atoms with Gasteiger partial charge in [-0.05, 0) is 12.8 Å². The molecular formula is C14H28O6. The fraction of sp³-hybridized carbons (Fsp3) is 0.857. The van der Waals surface area contributed by atoms with Crippen molar-refractivity contribution in [1.29, 1.82) is 0 Å². The second-order valence-electron chi connectivity index (χ2n) is 4.87. The molecule has 0 aliphatic rings. The molecule has 6 heteroatoms. The lowest BCUT2D eigenvalue weighted by molar-refractivity contribution is -0.149. The van der Waals surface area contributed by atoms with Crippen molar-refractivity contribution in [2.24, 2.45) is 5.41 Å². The van der Waals surface area contributed by atoms with Gasteiger partial charge in [-0.1, -0.05) is 33.1 Å². The minimum absolute atomic E-state index is 0.156. The third-order valence-electron chi connectivity index (χ3n) is 3.25. The average Bonchev–Trinajstić information content (AvgIpc) is 2.47. The van der Waals surface area contributed by atoms with Crippen LogP contribution in [0, 0.1) is 5.41 Å². The Hall–Kier alpha value is -0.980. The van der Waals surface area contributed by atoms with E-state index < -0.39 is 17.2 Å². The van der Waals surface area contributed by atoms with Crippen molar-refractivity contribution < 1.29 is 30.0 Å². The van der Waals surface area contributed by atoms with Gasteiger partial charge in [-0.2, -0.15) is 0 Å². The first kappa shape index (κ1) is 21.3. The molecule has 0 fully saturated rings. The number of carbonyl (C=O) groups is 2. The third kappa shape index (κ3) is 9.89. The molecule has 0 bridgehead atoms. The lowest BCUT2D eigenvalue weighted by atomic mass is 9.88. The molecule has 0 rings (SSSR count). The summed E-state index contributed by atoms with van der Waals surface area (Å²) in [5, 5.41) is 34.2. The summed E-state index contributed by atoms with van der Waals surface area (Å²) < 4.78 is 0. The largest absolute Gasteiger partial charge is 0.476 e. The fourth-order valence-electron chi connectivity index (χ4n) is 1.30. The zero-order valence-corrected chi connectivity index (χ0v) is 12.5. The molecule has 120 valence electrons. The summed E-state index contributed by atoms with van der Waals surface area (Å²) in [5.74, 6) is -1.97. The number of carbonyl (C=O) groups excluding carboxylic acids is 1. The zero-order chi connectivity index (χ0) is 16.0. The monoisotopic (exact) mass is 292 g/mol. The molecule has 0 aromatic rings. The van der Waals surface area contributed by atoms with Crippen LogP contribution in [0.4, 0.5) is 0 Å². The van der Waals surface area contributed by atoms with Crippen LogP contribution in [0.1, 0.15) is 52.4 Å². The second-order valence-corrected chi connectivity index (χ2v) is 4.87. The maximum absolute atomic E-state index is 10.5. The lowest BCUT2D eigenvalue weighted by Gasteiger charge is -2.24. The van der Waals surface area contributed by atoms with E-state index in [0.717, 1.165) is 19.3 Å². The number of ketones is 1. The van der Waals surface area contributed by atoms with Gasteiger partial charge in [0, 0.05) is 11.8 Å². The summed E-state index contributed by atoms with van der Waals surface area (Å²) >= 11 is 0. The molecule has 0 saturated heterocycles. The summed E-state index contributed by atoms with van der Waals surface area (Å²) in [6.07, 6.45) is 4.62. The maximum Gasteiger partial charge on any atom is 0.372 e. The van der Waals surface area contributed by atoms with Gasteiger partial charge >= 0.3 is 5.97 Å². The Bertz CT molecular complexity index is 243. The van der Waals surface area contributed by atoms with Crippen LogP contribution in [-0.4, -0.2) is 52.0 Å². The van der Waals surface area contributed by atoms with Gasteiger partial charge in [0.1, 0.15) is 0 Å². The highest BCUT2D eigenvalue weighted by molar-refractivity contribution is 6.32. The topological polar surface area (TPSA) is 115 Å². The molecule has 0 heterocycles. The molecule has 0 aromatic heterocycles. The molecule has 6 nitrogen and oxygen atoms in total. The van der Waals surface area contributed by atoms with E-state index in [0.29, 0.717) is 12.8 Å². The molecule has 0 radical (unpaired) electrons. The van der Waals surface area contributed by atoms with Crippen LogP contribution in [0.15, 0.2) is 0 Å². The number of unbranched alkanes of at least 4 members (excludes halogenated alkanes) is 3. The van der Waals surface area contributed by atoms with Gasteiger partial charge in [-0.15, -0.1) is 0 Å². The Balaban J connectivity index is 0. The Labute approximate surface area is 120 Å². The summed E-state index contributed by atoms with van der Waals surface area (Å²) in [5.41, 5.74) is -0.667. The molecule has 0 amide bonds. The van der Waals surface area contributed by atoms with E-state index in [1.807, 2.05) is 6.92 Å². The van der Waals surface area contributed by atoms with Gasteiger partial charge in [0.05, 0.1) is 19.8 Å². The number of Topliss-reactive ketones (excluding diaryl/α,β-unsaturated/α-hetero) is 1. The summed E-state index contributed by atoms with van der Waals surface area (Å²) in [6, 6.07) is 0. The Morgan fingerprint density at radius 2 is 1.40 bits per heavy atom. The molecule has 0 atom stereocenters. The van der Waals surface area contributed by atoms with E-state index in [9.17, 15) is 9.59 Å². The predicted molar refractivity (Wildman–Crippen MR) is 75.4 cm³/mol. The number of carboxylic acid groups (broad SMARTS) is 1. The van der Waals surface area contributed by atoms with Crippen LogP contribution in [0.3, 0.4) is 0 Å². The molecule has 0 aliphatic heterocycles. The van der Waals surface area contributed by atoms with Crippen molar-refractivity contribution in [1.82, 2.24) is 0 Å².